The maximum Gasteiger partial charge on any atom is 0.433 e. The number of aryl methyl sites for hydroxylation is 1. The second kappa shape index (κ2) is 7.75. The van der Waals surface area contributed by atoms with Crippen molar-refractivity contribution in [3.63, 3.8) is 0 Å². The number of rotatable bonds is 3. The van der Waals surface area contributed by atoms with E-state index in [1.165, 1.54) is 0 Å². The maximum atomic E-state index is 12.5. The fourth-order valence-electron chi connectivity index (χ4n) is 3.06. The van der Waals surface area contributed by atoms with E-state index < -0.39 is 24.0 Å². The first-order valence-electron chi connectivity index (χ1n) is 8.43. The summed E-state index contributed by atoms with van der Waals surface area (Å²) < 4.78 is 37.5. The van der Waals surface area contributed by atoms with Crippen molar-refractivity contribution in [2.75, 3.05) is 10.6 Å². The summed E-state index contributed by atoms with van der Waals surface area (Å²) in [7, 11) is 0. The lowest BCUT2D eigenvalue weighted by Crippen LogP contribution is -2.37. The van der Waals surface area contributed by atoms with Gasteiger partial charge in [-0.05, 0) is 54.7 Å². The molecule has 2 aromatic rings. The molecule has 0 bridgehead atoms. The fourth-order valence-corrected chi connectivity index (χ4v) is 3.06. The molecule has 7 nitrogen and oxygen atoms in total. The number of carbonyl (C=O) groups excluding carboxylic acids is 1. The number of hydrogen-bond donors (Lipinski definition) is 4. The normalized spacial score (nSPS) is 16.0. The summed E-state index contributed by atoms with van der Waals surface area (Å²) in [5.74, 6) is 0. The van der Waals surface area contributed by atoms with Crippen LogP contribution in [0.25, 0.3) is 0 Å². The molecular formula is C18H17F3N4O3. The standard InChI is InChI=1S/C18H17F3N4O3/c19-18(20,21)15-6-5-14(9-22-15)24-16(26)23-12-3-1-11-8-13(25-17(27)28)4-2-10(11)7-12/h1,3,5-7,9,13,25H,2,4,8H2,(H,27,28)(H2,23,24,26)/t13-/m0/s1. The number of carboxylic acid groups (broad SMARTS) is 1. The topological polar surface area (TPSA) is 103 Å². The first-order chi connectivity index (χ1) is 13.2. The highest BCUT2D eigenvalue weighted by Gasteiger charge is 2.32. The summed E-state index contributed by atoms with van der Waals surface area (Å²) in [5, 5.41) is 16.3. The summed E-state index contributed by atoms with van der Waals surface area (Å²) in [6.45, 7) is 0. The Morgan fingerprint density at radius 3 is 2.43 bits per heavy atom. The SMILES string of the molecule is O=C(O)N[C@H]1CCc2cc(NC(=O)Nc3ccc(C(F)(F)F)nc3)ccc2C1. The number of fused-ring (bicyclic) bond motifs is 1. The molecule has 0 fully saturated rings. The van der Waals surface area contributed by atoms with Crippen LogP contribution in [0.15, 0.2) is 36.5 Å². The quantitative estimate of drug-likeness (QED) is 0.635. The molecule has 1 atom stereocenters. The van der Waals surface area contributed by atoms with Gasteiger partial charge >= 0.3 is 18.3 Å². The molecule has 3 amide bonds. The third kappa shape index (κ3) is 4.90. The van der Waals surface area contributed by atoms with Crippen LogP contribution < -0.4 is 16.0 Å². The van der Waals surface area contributed by atoms with Gasteiger partial charge < -0.3 is 21.1 Å². The van der Waals surface area contributed by atoms with Gasteiger partial charge in [0.2, 0.25) is 0 Å². The van der Waals surface area contributed by atoms with Gasteiger partial charge in [0.1, 0.15) is 5.69 Å². The summed E-state index contributed by atoms with van der Waals surface area (Å²) in [4.78, 5) is 26.1. The molecule has 0 saturated carbocycles. The Hall–Kier alpha value is -3.30. The number of aromatic nitrogens is 1. The Balaban J connectivity index is 1.60. The van der Waals surface area contributed by atoms with Crippen LogP contribution in [0, 0.1) is 0 Å². The van der Waals surface area contributed by atoms with E-state index in [9.17, 15) is 22.8 Å². The van der Waals surface area contributed by atoms with Crippen molar-refractivity contribution >= 4 is 23.5 Å². The molecule has 28 heavy (non-hydrogen) atoms. The van der Waals surface area contributed by atoms with E-state index in [0.29, 0.717) is 24.9 Å². The minimum atomic E-state index is -4.54. The number of amides is 3. The van der Waals surface area contributed by atoms with Crippen LogP contribution in [-0.2, 0) is 19.0 Å². The summed E-state index contributed by atoms with van der Waals surface area (Å²) in [6.07, 6.45) is -2.76. The van der Waals surface area contributed by atoms with E-state index in [-0.39, 0.29) is 11.7 Å². The average Bonchev–Trinajstić information content (AvgIpc) is 2.61. The molecule has 0 aliphatic heterocycles. The van der Waals surface area contributed by atoms with E-state index in [1.54, 1.807) is 12.1 Å². The van der Waals surface area contributed by atoms with Crippen molar-refractivity contribution in [2.45, 2.75) is 31.5 Å². The molecule has 0 radical (unpaired) electrons. The number of benzene rings is 1. The van der Waals surface area contributed by atoms with Gasteiger partial charge in [0, 0.05) is 11.7 Å². The summed E-state index contributed by atoms with van der Waals surface area (Å²) in [6, 6.07) is 6.47. The fraction of sp³-hybridized carbons (Fsp3) is 0.278. The van der Waals surface area contributed by atoms with E-state index in [1.807, 2.05) is 6.07 Å². The Bertz CT molecular complexity index is 885. The molecule has 0 spiro atoms. The molecule has 0 saturated heterocycles. The highest BCUT2D eigenvalue weighted by Crippen LogP contribution is 2.28. The molecule has 1 aromatic carbocycles. The van der Waals surface area contributed by atoms with Crippen LogP contribution in [0.3, 0.4) is 0 Å². The zero-order valence-corrected chi connectivity index (χ0v) is 14.5. The van der Waals surface area contributed by atoms with Gasteiger partial charge in [-0.25, -0.2) is 14.6 Å². The first kappa shape index (κ1) is 19.5. The largest absolute Gasteiger partial charge is 0.465 e. The Kier molecular flexibility index (Phi) is 5.39. The Morgan fingerprint density at radius 2 is 1.79 bits per heavy atom. The number of pyridine rings is 1. The van der Waals surface area contributed by atoms with Gasteiger partial charge in [-0.15, -0.1) is 0 Å². The van der Waals surface area contributed by atoms with Gasteiger partial charge in [0.25, 0.3) is 0 Å². The smallest absolute Gasteiger partial charge is 0.433 e. The molecule has 1 heterocycles. The molecule has 4 N–H and O–H groups in total. The lowest BCUT2D eigenvalue weighted by molar-refractivity contribution is -0.141. The first-order valence-corrected chi connectivity index (χ1v) is 8.43. The van der Waals surface area contributed by atoms with Crippen LogP contribution in [0.5, 0.6) is 0 Å². The minimum Gasteiger partial charge on any atom is -0.465 e. The number of urea groups is 1. The van der Waals surface area contributed by atoms with E-state index in [0.717, 1.165) is 29.5 Å². The molecule has 0 unspecified atom stereocenters. The summed E-state index contributed by atoms with van der Waals surface area (Å²) >= 11 is 0. The number of nitrogens with one attached hydrogen (secondary N) is 3. The van der Waals surface area contributed by atoms with Gasteiger partial charge in [-0.2, -0.15) is 13.2 Å². The van der Waals surface area contributed by atoms with Gasteiger partial charge in [0.15, 0.2) is 0 Å². The van der Waals surface area contributed by atoms with Crippen LogP contribution in [0.1, 0.15) is 23.2 Å². The van der Waals surface area contributed by atoms with Crippen LogP contribution >= 0.6 is 0 Å². The van der Waals surface area contributed by atoms with Crippen molar-refractivity contribution < 1.29 is 27.9 Å². The lowest BCUT2D eigenvalue weighted by Gasteiger charge is -2.25. The predicted molar refractivity (Wildman–Crippen MR) is 95.3 cm³/mol. The predicted octanol–water partition coefficient (Wildman–Crippen LogP) is 3.87. The molecule has 148 valence electrons. The molecule has 10 heteroatoms. The van der Waals surface area contributed by atoms with Gasteiger partial charge in [0.05, 0.1) is 11.9 Å². The number of hydrogen-bond acceptors (Lipinski definition) is 3. The molecule has 1 aromatic heterocycles. The highest BCUT2D eigenvalue weighted by atomic mass is 19.4. The number of carbonyl (C=O) groups is 2. The highest BCUT2D eigenvalue weighted by molar-refractivity contribution is 5.99. The van der Waals surface area contributed by atoms with Crippen molar-refractivity contribution in [3.8, 4) is 0 Å². The zero-order valence-electron chi connectivity index (χ0n) is 14.5. The van der Waals surface area contributed by atoms with Crippen molar-refractivity contribution in [1.82, 2.24) is 10.3 Å². The van der Waals surface area contributed by atoms with Gasteiger partial charge in [-0.3, -0.25) is 0 Å². The third-order valence-corrected chi connectivity index (χ3v) is 4.33. The Morgan fingerprint density at radius 1 is 1.07 bits per heavy atom. The average molecular weight is 394 g/mol. The molecule has 1 aliphatic rings. The Labute approximate surface area is 158 Å². The van der Waals surface area contributed by atoms with E-state index in [4.69, 9.17) is 5.11 Å². The lowest BCUT2D eigenvalue weighted by atomic mass is 9.88. The summed E-state index contributed by atoms with van der Waals surface area (Å²) in [5.41, 5.74) is 1.64. The zero-order chi connectivity index (χ0) is 20.3. The maximum absolute atomic E-state index is 12.5. The second-order valence-corrected chi connectivity index (χ2v) is 6.38. The van der Waals surface area contributed by atoms with Crippen molar-refractivity contribution in [2.24, 2.45) is 0 Å². The number of nitrogens with zero attached hydrogens (tertiary/aromatic N) is 1. The van der Waals surface area contributed by atoms with Crippen LogP contribution in [0.2, 0.25) is 0 Å². The van der Waals surface area contributed by atoms with Crippen molar-refractivity contribution in [3.05, 3.63) is 53.3 Å². The third-order valence-electron chi connectivity index (χ3n) is 4.33. The van der Waals surface area contributed by atoms with Gasteiger partial charge in [-0.1, -0.05) is 6.07 Å². The number of halogens is 3. The molecule has 1 aliphatic carbocycles. The number of anilines is 2. The van der Waals surface area contributed by atoms with Crippen LogP contribution in [0.4, 0.5) is 34.1 Å². The van der Waals surface area contributed by atoms with E-state index in [2.05, 4.69) is 20.9 Å². The molecular weight excluding hydrogens is 377 g/mol. The van der Waals surface area contributed by atoms with E-state index >= 15 is 0 Å². The second-order valence-electron chi connectivity index (χ2n) is 6.38. The van der Waals surface area contributed by atoms with Crippen LogP contribution in [-0.4, -0.2) is 28.3 Å². The van der Waals surface area contributed by atoms with Crippen molar-refractivity contribution in [1.29, 1.82) is 0 Å². The molecule has 3 rings (SSSR count). The number of alkyl halides is 3. The minimum absolute atomic E-state index is 0.131. The monoisotopic (exact) mass is 394 g/mol.